The van der Waals surface area contributed by atoms with Gasteiger partial charge in [-0.1, -0.05) is 54.1 Å². The highest BCUT2D eigenvalue weighted by Crippen LogP contribution is 2.37. The van der Waals surface area contributed by atoms with Gasteiger partial charge in [-0.3, -0.25) is 4.79 Å². The smallest absolute Gasteiger partial charge is 0.410 e. The Labute approximate surface area is 298 Å². The van der Waals surface area contributed by atoms with E-state index in [1.165, 1.54) is 15.8 Å². The van der Waals surface area contributed by atoms with E-state index < -0.39 is 56.0 Å². The number of likely N-dealkylation sites (tertiary alicyclic amines) is 1. The summed E-state index contributed by atoms with van der Waals surface area (Å²) in [5, 5.41) is 15.4. The number of benzene rings is 3. The van der Waals surface area contributed by atoms with Crippen molar-refractivity contribution in [3.05, 3.63) is 88.7 Å². The van der Waals surface area contributed by atoms with Crippen molar-refractivity contribution in [2.45, 2.75) is 62.9 Å². The van der Waals surface area contributed by atoms with Crippen LogP contribution in [0.15, 0.2) is 71.6 Å². The van der Waals surface area contributed by atoms with Crippen molar-refractivity contribution < 1.29 is 36.7 Å². The number of aromatic nitrogens is 4. The highest BCUT2D eigenvalue weighted by Gasteiger charge is 2.40. The van der Waals surface area contributed by atoms with Crippen molar-refractivity contribution in [1.82, 2.24) is 30.4 Å². The first kappa shape index (κ1) is 35.7. The SMILES string of the molecule is CC(C)(C)OC(=O)N[C@H]1CS(=O)(=O)c2cc(F)c(-c3nnn(C4CCN(C(=O)OCc5ccccc5)C4)n3)cc2N(Cc2ccc(Cl)cc2)C1=O. The van der Waals surface area contributed by atoms with Crippen LogP contribution in [-0.4, -0.2) is 82.1 Å². The number of halogens is 2. The average molecular weight is 740 g/mol. The van der Waals surface area contributed by atoms with E-state index in [4.69, 9.17) is 21.1 Å². The molecular formula is C34H35ClFN7O7S. The lowest BCUT2D eigenvalue weighted by Crippen LogP contribution is -2.51. The first-order valence-corrected chi connectivity index (χ1v) is 18.1. The van der Waals surface area contributed by atoms with Crippen LogP contribution in [0, 0.1) is 5.82 Å². The lowest BCUT2D eigenvalue weighted by molar-refractivity contribution is -0.120. The fourth-order valence-corrected chi connectivity index (χ4v) is 7.49. The van der Waals surface area contributed by atoms with Crippen LogP contribution >= 0.6 is 11.6 Å². The number of nitrogens with one attached hydrogen (secondary N) is 1. The molecule has 4 aromatic rings. The Balaban J connectivity index is 1.28. The zero-order valence-electron chi connectivity index (χ0n) is 28.0. The fourth-order valence-electron chi connectivity index (χ4n) is 5.75. The van der Waals surface area contributed by atoms with E-state index in [1.807, 2.05) is 30.3 Å². The molecule has 51 heavy (non-hydrogen) atoms. The van der Waals surface area contributed by atoms with E-state index in [0.29, 0.717) is 23.6 Å². The molecule has 6 rings (SSSR count). The standard InChI is InChI=1S/C34H35ClFN7O7S/c1-34(2,3)50-32(45)37-27-20-51(47,48)29-16-26(36)25(15-28(29)42(31(27)44)17-21-9-11-23(35)12-10-21)30-38-40-43(39-30)24-13-14-41(18-24)33(46)49-19-22-7-5-4-6-8-22/h4-12,15-16,24,27H,13-14,17-20H2,1-3H3,(H,37,45)/t24?,27-/m0/s1. The summed E-state index contributed by atoms with van der Waals surface area (Å²) in [6.07, 6.45) is -1.00. The Morgan fingerprint density at radius 3 is 2.49 bits per heavy atom. The number of hydrogen-bond acceptors (Lipinski definition) is 10. The van der Waals surface area contributed by atoms with Crippen molar-refractivity contribution in [2.75, 3.05) is 23.7 Å². The van der Waals surface area contributed by atoms with Gasteiger partial charge in [0.1, 0.15) is 24.1 Å². The number of fused-ring (bicyclic) bond motifs is 1. The van der Waals surface area contributed by atoms with E-state index in [9.17, 15) is 22.8 Å². The molecule has 0 radical (unpaired) electrons. The van der Waals surface area contributed by atoms with Crippen molar-refractivity contribution in [1.29, 1.82) is 0 Å². The normalized spacial score (nSPS) is 18.6. The van der Waals surface area contributed by atoms with Gasteiger partial charge in [0.25, 0.3) is 5.91 Å². The number of rotatable bonds is 7. The summed E-state index contributed by atoms with van der Waals surface area (Å²) in [5.41, 5.74) is 0.164. The molecule has 1 N–H and O–H groups in total. The van der Waals surface area contributed by atoms with Gasteiger partial charge in [-0.05, 0) is 67.8 Å². The number of amides is 3. The third-order valence-corrected chi connectivity index (χ3v) is 10.2. The molecule has 2 atom stereocenters. The summed E-state index contributed by atoms with van der Waals surface area (Å²) in [6, 6.07) is 15.9. The summed E-state index contributed by atoms with van der Waals surface area (Å²) in [4.78, 5) is 43.0. The van der Waals surface area contributed by atoms with Gasteiger partial charge in [0, 0.05) is 18.1 Å². The van der Waals surface area contributed by atoms with Crippen molar-refractivity contribution in [2.24, 2.45) is 0 Å². The summed E-state index contributed by atoms with van der Waals surface area (Å²) >= 11 is 6.07. The van der Waals surface area contributed by atoms with Gasteiger partial charge in [-0.25, -0.2) is 22.4 Å². The number of sulfone groups is 1. The maximum Gasteiger partial charge on any atom is 0.410 e. The van der Waals surface area contributed by atoms with E-state index in [-0.39, 0.29) is 42.8 Å². The van der Waals surface area contributed by atoms with Crippen LogP contribution in [-0.2, 0) is 37.3 Å². The van der Waals surface area contributed by atoms with Crippen LogP contribution in [0.2, 0.25) is 5.02 Å². The Morgan fingerprint density at radius 1 is 1.06 bits per heavy atom. The minimum atomic E-state index is -4.35. The molecule has 2 aliphatic heterocycles. The highest BCUT2D eigenvalue weighted by molar-refractivity contribution is 7.91. The van der Waals surface area contributed by atoms with Gasteiger partial charge in [-0.15, -0.1) is 10.2 Å². The molecule has 1 saturated heterocycles. The fraction of sp³-hybridized carbons (Fsp3) is 0.353. The summed E-state index contributed by atoms with van der Waals surface area (Å²) in [5.74, 6) is -2.73. The Morgan fingerprint density at radius 2 is 1.78 bits per heavy atom. The summed E-state index contributed by atoms with van der Waals surface area (Å²) in [6.45, 7) is 5.45. The molecular weight excluding hydrogens is 705 g/mol. The van der Waals surface area contributed by atoms with Gasteiger partial charge < -0.3 is 24.6 Å². The van der Waals surface area contributed by atoms with Crippen LogP contribution in [0.25, 0.3) is 11.4 Å². The predicted molar refractivity (Wildman–Crippen MR) is 183 cm³/mol. The molecule has 17 heteroatoms. The van der Waals surface area contributed by atoms with E-state index >= 15 is 4.39 Å². The number of hydrogen-bond donors (Lipinski definition) is 1. The largest absolute Gasteiger partial charge is 0.445 e. The zero-order chi connectivity index (χ0) is 36.5. The number of nitrogens with zero attached hydrogens (tertiary/aromatic N) is 6. The monoisotopic (exact) mass is 739 g/mol. The molecule has 2 aliphatic rings. The maximum atomic E-state index is 15.8. The van der Waals surface area contributed by atoms with Gasteiger partial charge in [0.2, 0.25) is 5.82 Å². The predicted octanol–water partition coefficient (Wildman–Crippen LogP) is 4.93. The van der Waals surface area contributed by atoms with Crippen LogP contribution in [0.5, 0.6) is 0 Å². The average Bonchev–Trinajstić information content (AvgIpc) is 3.75. The van der Waals surface area contributed by atoms with Crippen LogP contribution in [0.4, 0.5) is 19.7 Å². The number of tetrazole rings is 1. The Hall–Kier alpha value is -5.09. The molecule has 1 fully saturated rings. The van der Waals surface area contributed by atoms with Crippen LogP contribution in [0.3, 0.4) is 0 Å². The molecule has 3 heterocycles. The van der Waals surface area contributed by atoms with E-state index in [1.54, 1.807) is 45.0 Å². The molecule has 3 aromatic carbocycles. The highest BCUT2D eigenvalue weighted by atomic mass is 35.5. The maximum absolute atomic E-state index is 15.8. The number of carbonyl (C=O) groups excluding carboxylic acids is 3. The molecule has 0 saturated carbocycles. The van der Waals surface area contributed by atoms with Crippen molar-refractivity contribution >= 4 is 45.2 Å². The second-order valence-electron chi connectivity index (χ2n) is 13.2. The summed E-state index contributed by atoms with van der Waals surface area (Å²) < 4.78 is 54.0. The minimum absolute atomic E-state index is 0.120. The molecule has 0 aliphatic carbocycles. The third kappa shape index (κ3) is 8.28. The molecule has 1 unspecified atom stereocenters. The number of alkyl carbamates (subject to hydrolysis) is 1. The Kier molecular flexibility index (Phi) is 9.99. The van der Waals surface area contributed by atoms with Gasteiger partial charge in [0.15, 0.2) is 9.84 Å². The van der Waals surface area contributed by atoms with Gasteiger partial charge in [0.05, 0.1) is 34.5 Å². The molecule has 0 spiro atoms. The summed E-state index contributed by atoms with van der Waals surface area (Å²) in [7, 11) is -4.35. The topological polar surface area (TPSA) is 166 Å². The molecule has 0 bridgehead atoms. The van der Waals surface area contributed by atoms with Crippen LogP contribution < -0.4 is 10.2 Å². The Bertz CT molecular complexity index is 2060. The van der Waals surface area contributed by atoms with Crippen molar-refractivity contribution in [3.8, 4) is 11.4 Å². The molecule has 3 amide bonds. The third-order valence-electron chi connectivity index (χ3n) is 8.19. The number of anilines is 1. The van der Waals surface area contributed by atoms with E-state index in [2.05, 4.69) is 20.7 Å². The quantitative estimate of drug-likeness (QED) is 0.275. The van der Waals surface area contributed by atoms with Crippen LogP contribution in [0.1, 0.15) is 44.4 Å². The van der Waals surface area contributed by atoms with Gasteiger partial charge in [-0.2, -0.15) is 4.80 Å². The van der Waals surface area contributed by atoms with Crippen molar-refractivity contribution in [3.63, 3.8) is 0 Å². The van der Waals surface area contributed by atoms with E-state index in [0.717, 1.165) is 16.5 Å². The minimum Gasteiger partial charge on any atom is -0.445 e. The number of ether oxygens (including phenoxy) is 2. The second kappa shape index (κ2) is 14.3. The molecule has 1 aromatic heterocycles. The lowest BCUT2D eigenvalue weighted by atomic mass is 10.1. The lowest BCUT2D eigenvalue weighted by Gasteiger charge is -2.27. The molecule has 14 nitrogen and oxygen atoms in total. The number of carbonyl (C=O) groups is 3. The zero-order valence-corrected chi connectivity index (χ0v) is 29.5. The van der Waals surface area contributed by atoms with Gasteiger partial charge >= 0.3 is 12.2 Å². The first-order valence-electron chi connectivity index (χ1n) is 16.0. The molecule has 268 valence electrons. The first-order chi connectivity index (χ1) is 24.2. The second-order valence-corrected chi connectivity index (χ2v) is 15.6.